The summed E-state index contributed by atoms with van der Waals surface area (Å²) in [4.78, 5) is 12.5. The molecule has 0 aromatic heterocycles. The van der Waals surface area contributed by atoms with E-state index in [4.69, 9.17) is 4.74 Å². The van der Waals surface area contributed by atoms with Crippen LogP contribution < -0.4 is 10.1 Å². The number of benzene rings is 3. The summed E-state index contributed by atoms with van der Waals surface area (Å²) in [5.41, 5.74) is 1.34. The Balaban J connectivity index is 1.68. The van der Waals surface area contributed by atoms with Gasteiger partial charge in [-0.2, -0.15) is 0 Å². The summed E-state index contributed by atoms with van der Waals surface area (Å²) in [6.45, 7) is 1.82. The van der Waals surface area contributed by atoms with Crippen LogP contribution in [0.15, 0.2) is 76.5 Å². The maximum Gasteiger partial charge on any atom is 0.255 e. The lowest BCUT2D eigenvalue weighted by atomic mass is 10.1. The number of anilines is 1. The predicted octanol–water partition coefficient (Wildman–Crippen LogP) is 3.59. The highest BCUT2D eigenvalue weighted by molar-refractivity contribution is 7.91. The Kier molecular flexibility index (Phi) is 6.80. The highest BCUT2D eigenvalue weighted by Gasteiger charge is 2.16. The van der Waals surface area contributed by atoms with Crippen molar-refractivity contribution in [1.29, 1.82) is 0 Å². The number of phenolic OH excluding ortho intramolecular Hbond substituents is 1. The largest absolute Gasteiger partial charge is 0.507 e. The highest BCUT2D eigenvalue weighted by atomic mass is 32.2. The standard InChI is InChI=1S/C23H23NO7S2/c1-15(16-6-11-20(12-7-16)32(2,27)28)31-19-9-4-17(5-10-19)23(26)24-18-8-13-21(25)22(14-18)33(3,29)30/h4-15,25H,1-3H3,(H,24,26). The van der Waals surface area contributed by atoms with Crippen molar-refractivity contribution in [3.63, 3.8) is 0 Å². The van der Waals surface area contributed by atoms with E-state index in [9.17, 15) is 26.7 Å². The number of sulfone groups is 2. The van der Waals surface area contributed by atoms with Crippen LogP contribution in [0.5, 0.6) is 11.5 Å². The Labute approximate surface area is 192 Å². The van der Waals surface area contributed by atoms with Gasteiger partial charge in [0.05, 0.1) is 4.90 Å². The van der Waals surface area contributed by atoms with Gasteiger partial charge in [0, 0.05) is 23.8 Å². The molecule has 0 saturated carbocycles. The van der Waals surface area contributed by atoms with E-state index >= 15 is 0 Å². The fourth-order valence-electron chi connectivity index (χ4n) is 3.04. The van der Waals surface area contributed by atoms with E-state index in [0.29, 0.717) is 11.3 Å². The molecule has 3 rings (SSSR count). The summed E-state index contributed by atoms with van der Waals surface area (Å²) >= 11 is 0. The van der Waals surface area contributed by atoms with E-state index in [0.717, 1.165) is 18.1 Å². The number of carbonyl (C=O) groups excluding carboxylic acids is 1. The third-order valence-corrected chi connectivity index (χ3v) is 7.08. The van der Waals surface area contributed by atoms with Crippen molar-refractivity contribution < 1.29 is 31.5 Å². The number of aromatic hydroxyl groups is 1. The van der Waals surface area contributed by atoms with Gasteiger partial charge in [0.1, 0.15) is 22.5 Å². The smallest absolute Gasteiger partial charge is 0.255 e. The van der Waals surface area contributed by atoms with Crippen LogP contribution in [0.3, 0.4) is 0 Å². The topological polar surface area (TPSA) is 127 Å². The van der Waals surface area contributed by atoms with Gasteiger partial charge in [-0.1, -0.05) is 12.1 Å². The molecule has 0 aliphatic heterocycles. The van der Waals surface area contributed by atoms with Gasteiger partial charge in [0.2, 0.25) is 0 Å². The summed E-state index contributed by atoms with van der Waals surface area (Å²) in [5.74, 6) is -0.344. The Morgan fingerprint density at radius 3 is 2.03 bits per heavy atom. The Hall–Kier alpha value is -3.37. The van der Waals surface area contributed by atoms with Crippen LogP contribution in [0.2, 0.25) is 0 Å². The molecule has 174 valence electrons. The van der Waals surface area contributed by atoms with Crippen molar-refractivity contribution >= 4 is 31.3 Å². The normalized spacial score (nSPS) is 12.7. The van der Waals surface area contributed by atoms with Crippen LogP contribution in [-0.4, -0.2) is 40.4 Å². The van der Waals surface area contributed by atoms with Crippen molar-refractivity contribution in [3.05, 3.63) is 77.9 Å². The minimum atomic E-state index is -3.65. The predicted molar refractivity (Wildman–Crippen MR) is 124 cm³/mol. The van der Waals surface area contributed by atoms with Crippen molar-refractivity contribution in [2.24, 2.45) is 0 Å². The molecule has 0 heterocycles. The Bertz CT molecular complexity index is 1380. The van der Waals surface area contributed by atoms with E-state index in [-0.39, 0.29) is 21.6 Å². The number of carbonyl (C=O) groups is 1. The Morgan fingerprint density at radius 2 is 1.48 bits per heavy atom. The highest BCUT2D eigenvalue weighted by Crippen LogP contribution is 2.27. The van der Waals surface area contributed by atoms with Crippen LogP contribution in [-0.2, 0) is 19.7 Å². The maximum atomic E-state index is 12.5. The number of ether oxygens (including phenoxy) is 1. The monoisotopic (exact) mass is 489 g/mol. The first-order valence-electron chi connectivity index (χ1n) is 9.76. The van der Waals surface area contributed by atoms with Gasteiger partial charge in [-0.25, -0.2) is 16.8 Å². The van der Waals surface area contributed by atoms with Gasteiger partial charge >= 0.3 is 0 Å². The lowest BCUT2D eigenvalue weighted by molar-refractivity contribution is 0.102. The summed E-state index contributed by atoms with van der Waals surface area (Å²) in [5, 5.41) is 12.3. The molecule has 0 spiro atoms. The minimum Gasteiger partial charge on any atom is -0.507 e. The third-order valence-electron chi connectivity index (χ3n) is 4.82. The van der Waals surface area contributed by atoms with E-state index in [1.807, 2.05) is 6.92 Å². The average molecular weight is 490 g/mol. The van der Waals surface area contributed by atoms with Gasteiger partial charge in [-0.05, 0) is 67.1 Å². The van der Waals surface area contributed by atoms with Gasteiger partial charge in [0.25, 0.3) is 5.91 Å². The Morgan fingerprint density at radius 1 is 0.879 bits per heavy atom. The number of phenols is 1. The second-order valence-corrected chi connectivity index (χ2v) is 11.5. The first kappa shape index (κ1) is 24.3. The zero-order valence-corrected chi connectivity index (χ0v) is 19.8. The second kappa shape index (κ2) is 9.24. The molecule has 8 nitrogen and oxygen atoms in total. The second-order valence-electron chi connectivity index (χ2n) is 7.53. The quantitative estimate of drug-likeness (QED) is 0.486. The maximum absolute atomic E-state index is 12.5. The molecule has 0 saturated heterocycles. The van der Waals surface area contributed by atoms with E-state index < -0.39 is 31.3 Å². The third kappa shape index (κ3) is 6.11. The molecule has 3 aromatic rings. The average Bonchev–Trinajstić information content (AvgIpc) is 2.74. The zero-order chi connectivity index (χ0) is 24.4. The molecule has 2 N–H and O–H groups in total. The molecule has 10 heteroatoms. The first-order chi connectivity index (χ1) is 15.3. The molecule has 1 amide bonds. The van der Waals surface area contributed by atoms with Crippen LogP contribution in [0.4, 0.5) is 5.69 Å². The van der Waals surface area contributed by atoms with E-state index in [1.165, 1.54) is 30.3 Å². The first-order valence-corrected chi connectivity index (χ1v) is 13.5. The lowest BCUT2D eigenvalue weighted by Gasteiger charge is -2.16. The molecular formula is C23H23NO7S2. The van der Waals surface area contributed by atoms with Crippen LogP contribution in [0, 0.1) is 0 Å². The fraction of sp³-hybridized carbons (Fsp3) is 0.174. The fourth-order valence-corrected chi connectivity index (χ4v) is 4.45. The molecule has 1 atom stereocenters. The minimum absolute atomic E-state index is 0.227. The SMILES string of the molecule is CC(Oc1ccc(C(=O)Nc2ccc(O)c(S(C)(=O)=O)c2)cc1)c1ccc(S(C)(=O)=O)cc1. The van der Waals surface area contributed by atoms with Gasteiger partial charge in [-0.15, -0.1) is 0 Å². The molecule has 0 bridgehead atoms. The zero-order valence-electron chi connectivity index (χ0n) is 18.1. The molecule has 0 fully saturated rings. The van der Waals surface area contributed by atoms with Crippen LogP contribution in [0.1, 0.15) is 28.9 Å². The molecule has 0 aliphatic rings. The summed E-state index contributed by atoms with van der Waals surface area (Å²) in [6.07, 6.45) is 1.75. The summed E-state index contributed by atoms with van der Waals surface area (Å²) in [7, 11) is -6.93. The molecule has 1 unspecified atom stereocenters. The van der Waals surface area contributed by atoms with E-state index in [1.54, 1.807) is 36.4 Å². The molecule has 33 heavy (non-hydrogen) atoms. The molecule has 0 aliphatic carbocycles. The number of amides is 1. The van der Waals surface area contributed by atoms with Crippen molar-refractivity contribution in [2.75, 3.05) is 17.8 Å². The van der Waals surface area contributed by atoms with Crippen molar-refractivity contribution in [2.45, 2.75) is 22.8 Å². The lowest BCUT2D eigenvalue weighted by Crippen LogP contribution is -2.12. The van der Waals surface area contributed by atoms with Gasteiger partial charge in [0.15, 0.2) is 19.7 Å². The van der Waals surface area contributed by atoms with Gasteiger partial charge < -0.3 is 15.2 Å². The molecule has 0 radical (unpaired) electrons. The summed E-state index contributed by atoms with van der Waals surface area (Å²) in [6, 6.07) is 16.6. The summed E-state index contributed by atoms with van der Waals surface area (Å²) < 4.78 is 52.5. The van der Waals surface area contributed by atoms with E-state index in [2.05, 4.69) is 5.32 Å². The number of rotatable bonds is 7. The van der Waals surface area contributed by atoms with Crippen LogP contribution >= 0.6 is 0 Å². The van der Waals surface area contributed by atoms with Crippen LogP contribution in [0.25, 0.3) is 0 Å². The molecule has 3 aromatic carbocycles. The van der Waals surface area contributed by atoms with Crippen molar-refractivity contribution in [3.8, 4) is 11.5 Å². The number of nitrogens with one attached hydrogen (secondary N) is 1. The number of hydrogen-bond acceptors (Lipinski definition) is 7. The molecular weight excluding hydrogens is 466 g/mol. The van der Waals surface area contributed by atoms with Gasteiger partial charge in [-0.3, -0.25) is 4.79 Å². The van der Waals surface area contributed by atoms with Crippen molar-refractivity contribution in [1.82, 2.24) is 0 Å². The number of hydrogen-bond donors (Lipinski definition) is 2.